The van der Waals surface area contributed by atoms with E-state index in [2.05, 4.69) is 21.7 Å². The minimum atomic E-state index is -0.583. The van der Waals surface area contributed by atoms with Crippen molar-refractivity contribution in [3.05, 3.63) is 95.1 Å². The summed E-state index contributed by atoms with van der Waals surface area (Å²) in [5.74, 6) is 1.63. The van der Waals surface area contributed by atoms with Crippen LogP contribution in [0.1, 0.15) is 83.2 Å². The van der Waals surface area contributed by atoms with Gasteiger partial charge in [0.05, 0.1) is 53.8 Å². The molecule has 16 heteroatoms. The van der Waals surface area contributed by atoms with E-state index in [1.54, 1.807) is 60.7 Å². The Balaban J connectivity index is 1.04. The van der Waals surface area contributed by atoms with E-state index in [0.29, 0.717) is 60.4 Å². The molecular formula is C44H54N4O12. The monoisotopic (exact) mass is 830 g/mol. The first-order valence-electron chi connectivity index (χ1n) is 19.4. The zero-order valence-corrected chi connectivity index (χ0v) is 34.9. The standard InChI is InChI=1S/C44H54N4O12/c1-53-33-21-17-31(25-39(33)57-5)43(51)59-35-19-15-29(23-37(35)55-3)27-45-47-41(49)13-11-9-7-8-10-12-14-42(50)48-46-28-30-16-20-36(38(24-30)56-4)60-44(52)32-18-22-34(54-2)40(26-32)58-6/h15-26,45-46H,7-14,27-28H2,1-6H3,(H,47,49)(H,48,50). The highest BCUT2D eigenvalue weighted by Crippen LogP contribution is 2.33. The fourth-order valence-corrected chi connectivity index (χ4v) is 5.95. The third kappa shape index (κ3) is 14.1. The number of benzene rings is 4. The molecule has 0 atom stereocenters. The van der Waals surface area contributed by atoms with Crippen LogP contribution in [0.15, 0.2) is 72.8 Å². The zero-order valence-electron chi connectivity index (χ0n) is 34.9. The second-order valence-electron chi connectivity index (χ2n) is 13.3. The molecule has 16 nitrogen and oxygen atoms in total. The van der Waals surface area contributed by atoms with Gasteiger partial charge in [0.25, 0.3) is 0 Å². The fourth-order valence-electron chi connectivity index (χ4n) is 5.95. The van der Waals surface area contributed by atoms with Crippen molar-refractivity contribution in [1.82, 2.24) is 21.7 Å². The van der Waals surface area contributed by atoms with Crippen molar-refractivity contribution in [3.8, 4) is 46.0 Å². The highest BCUT2D eigenvalue weighted by atomic mass is 16.6. The summed E-state index contributed by atoms with van der Waals surface area (Å²) in [6.45, 7) is 0.665. The van der Waals surface area contributed by atoms with Crippen molar-refractivity contribution in [2.45, 2.75) is 64.5 Å². The lowest BCUT2D eigenvalue weighted by atomic mass is 10.1. The molecule has 0 aliphatic heterocycles. The Kier molecular flexibility index (Phi) is 18.8. The molecule has 60 heavy (non-hydrogen) atoms. The first-order chi connectivity index (χ1) is 29.1. The normalized spacial score (nSPS) is 10.6. The van der Waals surface area contributed by atoms with Crippen LogP contribution in [0.3, 0.4) is 0 Å². The summed E-state index contributed by atoms with van der Waals surface area (Å²) < 4.78 is 43.0. The molecule has 4 aromatic rings. The SMILES string of the molecule is COc1ccc(C(=O)Oc2ccc(CNNC(=O)CCCCCCCCC(=O)NNCc3ccc(OC(=O)c4ccc(OC)c(OC)c4)c(OC)c3)cc2OC)cc1OC. The Morgan fingerprint density at radius 3 is 1.10 bits per heavy atom. The number of methoxy groups -OCH3 is 6. The lowest BCUT2D eigenvalue weighted by molar-refractivity contribution is -0.123. The number of hydrogen-bond donors (Lipinski definition) is 4. The van der Waals surface area contributed by atoms with Gasteiger partial charge in [-0.05, 0) is 84.6 Å². The van der Waals surface area contributed by atoms with E-state index in [1.165, 1.54) is 54.8 Å². The fraction of sp³-hybridized carbons (Fsp3) is 0.364. The van der Waals surface area contributed by atoms with Gasteiger partial charge in [-0.1, -0.05) is 37.8 Å². The molecule has 0 bridgehead atoms. The Morgan fingerprint density at radius 1 is 0.400 bits per heavy atom. The van der Waals surface area contributed by atoms with E-state index in [1.807, 2.05) is 0 Å². The van der Waals surface area contributed by atoms with Gasteiger partial charge >= 0.3 is 11.9 Å². The van der Waals surface area contributed by atoms with Gasteiger partial charge in [-0.3, -0.25) is 20.4 Å². The van der Waals surface area contributed by atoms with Crippen LogP contribution in [0.5, 0.6) is 46.0 Å². The van der Waals surface area contributed by atoms with Crippen molar-refractivity contribution < 1.29 is 57.1 Å². The first kappa shape index (κ1) is 46.2. The number of unbranched alkanes of at least 4 members (excludes halogenated alkanes) is 5. The van der Waals surface area contributed by atoms with Gasteiger partial charge in [0.2, 0.25) is 11.8 Å². The Hall–Kier alpha value is -6.52. The number of carbonyl (C=O) groups excluding carboxylic acids is 4. The van der Waals surface area contributed by atoms with Crippen LogP contribution in [-0.2, 0) is 22.7 Å². The van der Waals surface area contributed by atoms with Gasteiger partial charge in [-0.25, -0.2) is 20.4 Å². The van der Waals surface area contributed by atoms with Gasteiger partial charge in [-0.15, -0.1) is 0 Å². The van der Waals surface area contributed by atoms with Gasteiger partial charge < -0.3 is 37.9 Å². The molecule has 0 aromatic heterocycles. The predicted molar refractivity (Wildman–Crippen MR) is 222 cm³/mol. The second kappa shape index (κ2) is 24.4. The molecule has 0 saturated carbocycles. The van der Waals surface area contributed by atoms with Crippen LogP contribution >= 0.6 is 0 Å². The summed E-state index contributed by atoms with van der Waals surface area (Å²) in [5.41, 5.74) is 13.5. The lowest BCUT2D eigenvalue weighted by Gasteiger charge is -2.13. The molecule has 322 valence electrons. The van der Waals surface area contributed by atoms with E-state index in [-0.39, 0.29) is 34.4 Å². The average Bonchev–Trinajstić information content (AvgIpc) is 3.27. The molecule has 0 spiro atoms. The number of esters is 2. The summed E-state index contributed by atoms with van der Waals surface area (Å²) in [6.07, 6.45) is 5.99. The number of hydrazine groups is 2. The Labute approximate surface area is 350 Å². The molecule has 0 saturated heterocycles. The molecule has 0 radical (unpaired) electrons. The van der Waals surface area contributed by atoms with Crippen LogP contribution in [0.4, 0.5) is 0 Å². The third-order valence-electron chi connectivity index (χ3n) is 9.20. The van der Waals surface area contributed by atoms with Gasteiger partial charge in [-0.2, -0.15) is 0 Å². The minimum absolute atomic E-state index is 0.115. The van der Waals surface area contributed by atoms with Crippen molar-refractivity contribution in [1.29, 1.82) is 0 Å². The zero-order chi connectivity index (χ0) is 43.3. The van der Waals surface area contributed by atoms with Gasteiger partial charge in [0.15, 0.2) is 46.0 Å². The molecule has 2 amide bonds. The molecule has 4 rings (SSSR count). The first-order valence-corrected chi connectivity index (χ1v) is 19.4. The van der Waals surface area contributed by atoms with Crippen molar-refractivity contribution in [2.75, 3.05) is 42.7 Å². The lowest BCUT2D eigenvalue weighted by Crippen LogP contribution is -2.36. The van der Waals surface area contributed by atoms with E-state index in [0.717, 1.165) is 49.7 Å². The Morgan fingerprint density at radius 2 is 0.733 bits per heavy atom. The molecule has 0 fully saturated rings. The summed E-state index contributed by atoms with van der Waals surface area (Å²) in [5, 5.41) is 0. The smallest absolute Gasteiger partial charge is 0.343 e. The van der Waals surface area contributed by atoms with E-state index in [9.17, 15) is 19.2 Å². The average molecular weight is 831 g/mol. The molecule has 0 unspecified atom stereocenters. The van der Waals surface area contributed by atoms with Crippen molar-refractivity contribution >= 4 is 23.8 Å². The van der Waals surface area contributed by atoms with Gasteiger partial charge in [0.1, 0.15) is 0 Å². The number of carbonyl (C=O) groups is 4. The molecule has 4 aromatic carbocycles. The maximum Gasteiger partial charge on any atom is 0.343 e. The summed E-state index contributed by atoms with van der Waals surface area (Å²) in [7, 11) is 8.95. The van der Waals surface area contributed by atoms with E-state index >= 15 is 0 Å². The Bertz CT molecular complexity index is 1910. The van der Waals surface area contributed by atoms with Crippen LogP contribution < -0.4 is 59.6 Å². The highest BCUT2D eigenvalue weighted by molar-refractivity contribution is 5.93. The van der Waals surface area contributed by atoms with Crippen molar-refractivity contribution in [3.63, 3.8) is 0 Å². The topological polar surface area (TPSA) is 190 Å². The second-order valence-corrected chi connectivity index (χ2v) is 13.3. The number of hydrogen-bond acceptors (Lipinski definition) is 14. The minimum Gasteiger partial charge on any atom is -0.493 e. The van der Waals surface area contributed by atoms with Crippen LogP contribution in [0.25, 0.3) is 0 Å². The molecule has 0 aliphatic carbocycles. The largest absolute Gasteiger partial charge is 0.493 e. The third-order valence-corrected chi connectivity index (χ3v) is 9.20. The predicted octanol–water partition coefficient (Wildman–Crippen LogP) is 6.24. The van der Waals surface area contributed by atoms with E-state index in [4.69, 9.17) is 37.9 Å². The summed E-state index contributed by atoms with van der Waals surface area (Å²) >= 11 is 0. The van der Waals surface area contributed by atoms with Crippen LogP contribution in [0, 0.1) is 0 Å². The van der Waals surface area contributed by atoms with E-state index < -0.39 is 11.9 Å². The number of rotatable bonds is 25. The van der Waals surface area contributed by atoms with Gasteiger partial charge in [0, 0.05) is 25.9 Å². The molecule has 4 N–H and O–H groups in total. The summed E-state index contributed by atoms with van der Waals surface area (Å²) in [4.78, 5) is 50.2. The molecule has 0 aliphatic rings. The maximum atomic E-state index is 12.8. The number of ether oxygens (including phenoxy) is 8. The van der Waals surface area contributed by atoms with Crippen LogP contribution in [0.2, 0.25) is 0 Å². The number of amides is 2. The van der Waals surface area contributed by atoms with Crippen molar-refractivity contribution in [2.24, 2.45) is 0 Å². The molecular weight excluding hydrogens is 776 g/mol. The van der Waals surface area contributed by atoms with Crippen LogP contribution in [-0.4, -0.2) is 66.4 Å². The highest BCUT2D eigenvalue weighted by Gasteiger charge is 2.18. The quantitative estimate of drug-likeness (QED) is 0.0254. The summed E-state index contributed by atoms with van der Waals surface area (Å²) in [6, 6.07) is 19.7. The maximum absolute atomic E-state index is 12.8. The molecule has 0 heterocycles. The number of nitrogens with one attached hydrogen (secondary N) is 4.